The lowest BCUT2D eigenvalue weighted by molar-refractivity contribution is 0.796. The van der Waals surface area contributed by atoms with Crippen LogP contribution in [0.4, 0.5) is 0 Å². The Balaban J connectivity index is 1.96. The van der Waals surface area contributed by atoms with Gasteiger partial charge in [-0.15, -0.1) is 0 Å². The highest BCUT2D eigenvalue weighted by Gasteiger charge is 2.00. The molecule has 0 unspecified atom stereocenters. The molecule has 2 N–H and O–H groups in total. The van der Waals surface area contributed by atoms with E-state index in [0.717, 1.165) is 34.5 Å². The van der Waals surface area contributed by atoms with Crippen molar-refractivity contribution in [1.82, 2.24) is 15.6 Å². The molecular weight excluding hydrogens is 296 g/mol. The third-order valence-electron chi connectivity index (χ3n) is 3.06. The zero-order chi connectivity index (χ0) is 15.8. The second-order valence-electron chi connectivity index (χ2n) is 4.95. The molecule has 0 spiro atoms. The molecule has 5 heteroatoms. The molecular formula is C17H21ClN4. The summed E-state index contributed by atoms with van der Waals surface area (Å²) in [5.74, 6) is 0.778. The van der Waals surface area contributed by atoms with Crippen molar-refractivity contribution in [2.75, 3.05) is 6.54 Å². The first-order valence-electron chi connectivity index (χ1n) is 7.36. The Morgan fingerprint density at radius 3 is 2.59 bits per heavy atom. The Morgan fingerprint density at radius 2 is 1.91 bits per heavy atom. The van der Waals surface area contributed by atoms with Gasteiger partial charge in [0.05, 0.1) is 18.8 Å². The van der Waals surface area contributed by atoms with Crippen LogP contribution in [0.2, 0.25) is 5.02 Å². The van der Waals surface area contributed by atoms with Gasteiger partial charge in [0.25, 0.3) is 0 Å². The molecule has 1 heterocycles. The number of aliphatic imine (C=N–C) groups is 1. The summed E-state index contributed by atoms with van der Waals surface area (Å²) in [6.45, 7) is 6.10. The molecule has 0 saturated carbocycles. The lowest BCUT2D eigenvalue weighted by Crippen LogP contribution is -2.37. The van der Waals surface area contributed by atoms with Crippen molar-refractivity contribution in [1.29, 1.82) is 0 Å². The number of nitrogens with zero attached hydrogens (tertiary/aromatic N) is 2. The maximum absolute atomic E-state index is 5.89. The number of halogens is 1. The van der Waals surface area contributed by atoms with Crippen LogP contribution in [0.1, 0.15) is 23.9 Å². The van der Waals surface area contributed by atoms with Gasteiger partial charge in [-0.3, -0.25) is 4.98 Å². The Labute approximate surface area is 136 Å². The highest BCUT2D eigenvalue weighted by Crippen LogP contribution is 2.10. The Kier molecular flexibility index (Phi) is 6.22. The molecule has 0 aliphatic carbocycles. The number of guanidine groups is 1. The first kappa shape index (κ1) is 16.3. The summed E-state index contributed by atoms with van der Waals surface area (Å²) in [5.41, 5.74) is 3.13. The van der Waals surface area contributed by atoms with Crippen LogP contribution in [0, 0.1) is 6.92 Å². The monoisotopic (exact) mass is 316 g/mol. The van der Waals surface area contributed by atoms with Crippen molar-refractivity contribution < 1.29 is 0 Å². The predicted molar refractivity (Wildman–Crippen MR) is 92.1 cm³/mol. The number of nitrogens with one attached hydrogen (secondary N) is 2. The van der Waals surface area contributed by atoms with E-state index in [0.29, 0.717) is 13.1 Å². The van der Waals surface area contributed by atoms with E-state index in [1.807, 2.05) is 56.3 Å². The standard InChI is InChI=1S/C17H21ClN4/c1-3-19-17(20-11-14-7-9-15(18)10-8-14)21-12-16-6-4-5-13(2)22-16/h4-10H,3,11-12H2,1-2H3,(H2,19,20,21). The largest absolute Gasteiger partial charge is 0.357 e. The zero-order valence-electron chi connectivity index (χ0n) is 12.9. The second kappa shape index (κ2) is 8.39. The minimum absolute atomic E-state index is 0.605. The van der Waals surface area contributed by atoms with Gasteiger partial charge in [0.1, 0.15) is 0 Å². The summed E-state index contributed by atoms with van der Waals surface area (Å²) in [7, 11) is 0. The SMILES string of the molecule is CCNC(=NCc1ccc(Cl)cc1)NCc1cccc(C)n1. The van der Waals surface area contributed by atoms with E-state index in [1.165, 1.54) is 0 Å². The van der Waals surface area contributed by atoms with Gasteiger partial charge in [0.15, 0.2) is 5.96 Å². The molecule has 0 aliphatic rings. The van der Waals surface area contributed by atoms with E-state index in [1.54, 1.807) is 0 Å². The van der Waals surface area contributed by atoms with Crippen molar-refractivity contribution >= 4 is 17.6 Å². The fraction of sp³-hybridized carbons (Fsp3) is 0.294. The first-order chi connectivity index (χ1) is 10.7. The Bertz CT molecular complexity index is 623. The Hall–Kier alpha value is -2.07. The molecule has 1 aromatic carbocycles. The van der Waals surface area contributed by atoms with Crippen molar-refractivity contribution in [2.45, 2.75) is 26.9 Å². The third kappa shape index (κ3) is 5.37. The number of benzene rings is 1. The van der Waals surface area contributed by atoms with Crippen LogP contribution in [0.5, 0.6) is 0 Å². The van der Waals surface area contributed by atoms with Crippen molar-refractivity contribution in [2.24, 2.45) is 4.99 Å². The summed E-state index contributed by atoms with van der Waals surface area (Å²) >= 11 is 5.89. The topological polar surface area (TPSA) is 49.3 Å². The first-order valence-corrected chi connectivity index (χ1v) is 7.74. The van der Waals surface area contributed by atoms with Crippen molar-refractivity contribution in [3.8, 4) is 0 Å². The molecule has 0 atom stereocenters. The van der Waals surface area contributed by atoms with Gasteiger partial charge >= 0.3 is 0 Å². The molecule has 116 valence electrons. The average Bonchev–Trinajstić information content (AvgIpc) is 2.52. The summed E-state index contributed by atoms with van der Waals surface area (Å²) in [6, 6.07) is 13.7. The van der Waals surface area contributed by atoms with Crippen LogP contribution in [0.15, 0.2) is 47.5 Å². The lowest BCUT2D eigenvalue weighted by atomic mass is 10.2. The van der Waals surface area contributed by atoms with Crippen LogP contribution in [-0.4, -0.2) is 17.5 Å². The highest BCUT2D eigenvalue weighted by atomic mass is 35.5. The van der Waals surface area contributed by atoms with E-state index >= 15 is 0 Å². The summed E-state index contributed by atoms with van der Waals surface area (Å²) in [5, 5.41) is 7.27. The quantitative estimate of drug-likeness (QED) is 0.657. The molecule has 1 aromatic heterocycles. The average molecular weight is 317 g/mol. The van der Waals surface area contributed by atoms with E-state index in [9.17, 15) is 0 Å². The molecule has 0 saturated heterocycles. The molecule has 0 radical (unpaired) electrons. The number of hydrogen-bond acceptors (Lipinski definition) is 2. The highest BCUT2D eigenvalue weighted by molar-refractivity contribution is 6.30. The minimum atomic E-state index is 0.605. The molecule has 0 fully saturated rings. The summed E-state index contributed by atoms with van der Waals surface area (Å²) in [6.07, 6.45) is 0. The fourth-order valence-electron chi connectivity index (χ4n) is 1.97. The number of aromatic nitrogens is 1. The molecule has 4 nitrogen and oxygen atoms in total. The number of pyridine rings is 1. The van der Waals surface area contributed by atoms with Gasteiger partial charge in [-0.05, 0) is 43.7 Å². The van der Waals surface area contributed by atoms with Crippen LogP contribution in [0.25, 0.3) is 0 Å². The van der Waals surface area contributed by atoms with Crippen LogP contribution in [0.3, 0.4) is 0 Å². The van der Waals surface area contributed by atoms with Gasteiger partial charge in [0.2, 0.25) is 0 Å². The normalized spacial score (nSPS) is 11.3. The lowest BCUT2D eigenvalue weighted by Gasteiger charge is -2.11. The zero-order valence-corrected chi connectivity index (χ0v) is 13.7. The maximum Gasteiger partial charge on any atom is 0.191 e. The summed E-state index contributed by atoms with van der Waals surface area (Å²) in [4.78, 5) is 9.05. The van der Waals surface area contributed by atoms with Crippen LogP contribution in [-0.2, 0) is 13.1 Å². The fourth-order valence-corrected chi connectivity index (χ4v) is 2.10. The number of aryl methyl sites for hydroxylation is 1. The maximum atomic E-state index is 5.89. The van der Waals surface area contributed by atoms with E-state index in [4.69, 9.17) is 11.6 Å². The molecule has 0 bridgehead atoms. The molecule has 0 aliphatic heterocycles. The molecule has 0 amide bonds. The number of rotatable bonds is 5. The molecule has 22 heavy (non-hydrogen) atoms. The smallest absolute Gasteiger partial charge is 0.191 e. The third-order valence-corrected chi connectivity index (χ3v) is 3.31. The van der Waals surface area contributed by atoms with E-state index in [2.05, 4.69) is 20.6 Å². The molecule has 2 rings (SSSR count). The van der Waals surface area contributed by atoms with Gasteiger partial charge in [-0.25, -0.2) is 4.99 Å². The molecule has 2 aromatic rings. The van der Waals surface area contributed by atoms with Crippen molar-refractivity contribution in [3.63, 3.8) is 0 Å². The van der Waals surface area contributed by atoms with Crippen LogP contribution < -0.4 is 10.6 Å². The van der Waals surface area contributed by atoms with Gasteiger partial charge in [-0.1, -0.05) is 29.8 Å². The van der Waals surface area contributed by atoms with Crippen molar-refractivity contribution in [3.05, 3.63) is 64.4 Å². The second-order valence-corrected chi connectivity index (χ2v) is 5.38. The van der Waals surface area contributed by atoms with Gasteiger partial charge in [-0.2, -0.15) is 0 Å². The van der Waals surface area contributed by atoms with Gasteiger partial charge < -0.3 is 10.6 Å². The van der Waals surface area contributed by atoms with Crippen LogP contribution >= 0.6 is 11.6 Å². The van der Waals surface area contributed by atoms with Gasteiger partial charge in [0, 0.05) is 17.3 Å². The summed E-state index contributed by atoms with van der Waals surface area (Å²) < 4.78 is 0. The predicted octanol–water partition coefficient (Wildman–Crippen LogP) is 3.30. The van der Waals surface area contributed by atoms with E-state index in [-0.39, 0.29) is 0 Å². The van der Waals surface area contributed by atoms with E-state index < -0.39 is 0 Å². The number of hydrogen-bond donors (Lipinski definition) is 2. The Morgan fingerprint density at radius 1 is 1.14 bits per heavy atom. The minimum Gasteiger partial charge on any atom is -0.357 e.